The van der Waals surface area contributed by atoms with Crippen LogP contribution in [0.1, 0.15) is 55.8 Å². The van der Waals surface area contributed by atoms with E-state index in [2.05, 4.69) is 12.2 Å². The fourth-order valence-corrected chi connectivity index (χ4v) is 3.63. The van der Waals surface area contributed by atoms with Gasteiger partial charge in [-0.1, -0.05) is 25.8 Å². The molecule has 7 heteroatoms. The molecule has 1 aromatic carbocycles. The van der Waals surface area contributed by atoms with Gasteiger partial charge in [0.15, 0.2) is 6.61 Å². The summed E-state index contributed by atoms with van der Waals surface area (Å²) in [6, 6.07) is 6.26. The highest BCUT2D eigenvalue weighted by molar-refractivity contribution is 6.20. The van der Waals surface area contributed by atoms with Gasteiger partial charge in [-0.2, -0.15) is 0 Å². The van der Waals surface area contributed by atoms with E-state index in [0.717, 1.165) is 24.2 Å². The molecule has 0 spiro atoms. The number of ether oxygens (including phenoxy) is 1. The number of carbonyl (C=O) groups is 4. The number of benzene rings is 1. The fraction of sp³-hybridized carbons (Fsp3) is 0.500. The lowest BCUT2D eigenvalue weighted by atomic mass is 9.86. The molecule has 7 nitrogen and oxygen atoms in total. The van der Waals surface area contributed by atoms with Crippen molar-refractivity contribution in [3.8, 4) is 0 Å². The summed E-state index contributed by atoms with van der Waals surface area (Å²) < 4.78 is 5.10. The Kier molecular flexibility index (Phi) is 5.88. The first-order valence-corrected chi connectivity index (χ1v) is 9.38. The summed E-state index contributed by atoms with van der Waals surface area (Å²) in [5, 5.41) is 2.93. The van der Waals surface area contributed by atoms with E-state index in [-0.39, 0.29) is 48.8 Å². The van der Waals surface area contributed by atoms with Crippen LogP contribution in [0, 0.1) is 5.92 Å². The number of anilines is 1. The highest BCUT2D eigenvalue weighted by atomic mass is 16.5. The highest BCUT2D eigenvalue weighted by Gasteiger charge is 2.30. The summed E-state index contributed by atoms with van der Waals surface area (Å²) in [6.07, 6.45) is 4.66. The van der Waals surface area contributed by atoms with Gasteiger partial charge in [-0.25, -0.2) is 4.79 Å². The quantitative estimate of drug-likeness (QED) is 0.632. The second kappa shape index (κ2) is 8.33. The smallest absolute Gasteiger partial charge is 0.338 e. The molecule has 0 unspecified atom stereocenters. The van der Waals surface area contributed by atoms with Gasteiger partial charge in [-0.15, -0.1) is 0 Å². The van der Waals surface area contributed by atoms with Gasteiger partial charge in [-0.05, 0) is 37.0 Å². The number of hydrogen-bond acceptors (Lipinski definition) is 5. The molecule has 3 rings (SSSR count). The molecule has 0 radical (unpaired) electrons. The van der Waals surface area contributed by atoms with Crippen molar-refractivity contribution in [1.82, 2.24) is 5.32 Å². The molecule has 0 aromatic heterocycles. The first-order valence-electron chi connectivity index (χ1n) is 9.38. The summed E-state index contributed by atoms with van der Waals surface area (Å²) in [7, 11) is 0. The molecule has 1 aliphatic carbocycles. The average Bonchev–Trinajstić information content (AvgIpc) is 3.00. The maximum Gasteiger partial charge on any atom is 0.338 e. The zero-order valence-electron chi connectivity index (χ0n) is 15.4. The molecule has 1 aliphatic heterocycles. The van der Waals surface area contributed by atoms with E-state index < -0.39 is 5.97 Å². The Morgan fingerprint density at radius 1 is 1.15 bits per heavy atom. The normalized spacial score (nSPS) is 22.6. The molecular weight excluding hydrogens is 348 g/mol. The number of carbonyl (C=O) groups excluding carboxylic acids is 4. The van der Waals surface area contributed by atoms with Crippen LogP contribution in [0.4, 0.5) is 5.69 Å². The van der Waals surface area contributed by atoms with Crippen LogP contribution in [0.3, 0.4) is 0 Å². The lowest BCUT2D eigenvalue weighted by Crippen LogP contribution is -2.42. The van der Waals surface area contributed by atoms with Gasteiger partial charge in [0.2, 0.25) is 11.8 Å². The topological polar surface area (TPSA) is 92.8 Å². The van der Waals surface area contributed by atoms with Crippen molar-refractivity contribution in [3.63, 3.8) is 0 Å². The standard InChI is InChI=1S/C20H24N2O5/c1-13-5-2-3-8-16(13)21-17(23)12-27-20(26)14-6-4-7-15(11-14)22-18(24)9-10-19(22)25/h4,6-7,11,13,16H,2-3,5,8-10,12H2,1H3,(H,21,23)/t13-,16+/m1/s1. The molecule has 2 aliphatic rings. The minimum Gasteiger partial charge on any atom is -0.452 e. The summed E-state index contributed by atoms with van der Waals surface area (Å²) in [6.45, 7) is 1.76. The Balaban J connectivity index is 1.56. The molecule has 1 N–H and O–H groups in total. The largest absolute Gasteiger partial charge is 0.452 e. The number of esters is 1. The van der Waals surface area contributed by atoms with Crippen LogP contribution in [0.25, 0.3) is 0 Å². The zero-order valence-corrected chi connectivity index (χ0v) is 15.4. The number of hydrogen-bond donors (Lipinski definition) is 1. The summed E-state index contributed by atoms with van der Waals surface area (Å²) >= 11 is 0. The molecular formula is C20H24N2O5. The van der Waals surface area contributed by atoms with E-state index in [1.165, 1.54) is 18.6 Å². The van der Waals surface area contributed by atoms with Crippen molar-refractivity contribution in [3.05, 3.63) is 29.8 Å². The van der Waals surface area contributed by atoms with Gasteiger partial charge in [0, 0.05) is 18.9 Å². The number of nitrogens with zero attached hydrogens (tertiary/aromatic N) is 1. The predicted octanol–water partition coefficient (Wildman–Crippen LogP) is 2.19. The lowest BCUT2D eigenvalue weighted by Gasteiger charge is -2.29. The third kappa shape index (κ3) is 4.53. The van der Waals surface area contributed by atoms with Crippen molar-refractivity contribution in [1.29, 1.82) is 0 Å². The molecule has 0 bridgehead atoms. The van der Waals surface area contributed by atoms with Crippen LogP contribution >= 0.6 is 0 Å². The number of amides is 3. The fourth-order valence-electron chi connectivity index (χ4n) is 3.63. The SMILES string of the molecule is C[C@@H]1CCCC[C@@H]1NC(=O)COC(=O)c1cccc(N2C(=O)CCC2=O)c1. The van der Waals surface area contributed by atoms with Crippen molar-refractivity contribution >= 4 is 29.4 Å². The third-order valence-electron chi connectivity index (χ3n) is 5.18. The molecule has 1 saturated heterocycles. The molecule has 1 aromatic rings. The van der Waals surface area contributed by atoms with Crippen molar-refractivity contribution in [2.45, 2.75) is 51.5 Å². The van der Waals surface area contributed by atoms with Gasteiger partial charge in [0.1, 0.15) is 0 Å². The molecule has 2 fully saturated rings. The minimum absolute atomic E-state index is 0.125. The number of rotatable bonds is 5. The predicted molar refractivity (Wildman–Crippen MR) is 98.0 cm³/mol. The van der Waals surface area contributed by atoms with E-state index in [1.807, 2.05) is 0 Å². The third-order valence-corrected chi connectivity index (χ3v) is 5.18. The van der Waals surface area contributed by atoms with Crippen LogP contribution < -0.4 is 10.2 Å². The monoisotopic (exact) mass is 372 g/mol. The van der Waals surface area contributed by atoms with Crippen LogP contribution in [0.15, 0.2) is 24.3 Å². The Morgan fingerprint density at radius 2 is 1.85 bits per heavy atom. The second-order valence-electron chi connectivity index (χ2n) is 7.19. The van der Waals surface area contributed by atoms with Crippen molar-refractivity contribution in [2.24, 2.45) is 5.92 Å². The average molecular weight is 372 g/mol. The molecule has 27 heavy (non-hydrogen) atoms. The molecule has 3 amide bonds. The van der Waals surface area contributed by atoms with Gasteiger partial charge >= 0.3 is 5.97 Å². The molecule has 1 heterocycles. The zero-order chi connectivity index (χ0) is 19.4. The summed E-state index contributed by atoms with van der Waals surface area (Å²) in [4.78, 5) is 49.1. The number of imide groups is 1. The first-order chi connectivity index (χ1) is 13.0. The Labute approximate surface area is 158 Å². The molecule has 2 atom stereocenters. The van der Waals surface area contributed by atoms with Gasteiger partial charge in [-0.3, -0.25) is 19.3 Å². The first kappa shape index (κ1) is 19.1. The number of nitrogens with one attached hydrogen (secondary N) is 1. The summed E-state index contributed by atoms with van der Waals surface area (Å²) in [5.74, 6) is -1.13. The highest BCUT2D eigenvalue weighted by Crippen LogP contribution is 2.24. The van der Waals surface area contributed by atoms with Gasteiger partial charge in [0.05, 0.1) is 11.3 Å². The van der Waals surface area contributed by atoms with Crippen LogP contribution in [0.2, 0.25) is 0 Å². The van der Waals surface area contributed by atoms with Crippen LogP contribution in [0.5, 0.6) is 0 Å². The van der Waals surface area contributed by atoms with E-state index in [0.29, 0.717) is 11.6 Å². The van der Waals surface area contributed by atoms with Crippen molar-refractivity contribution < 1.29 is 23.9 Å². The Hall–Kier alpha value is -2.70. The van der Waals surface area contributed by atoms with E-state index >= 15 is 0 Å². The lowest BCUT2D eigenvalue weighted by molar-refractivity contribution is -0.125. The molecule has 144 valence electrons. The van der Waals surface area contributed by atoms with E-state index in [1.54, 1.807) is 12.1 Å². The summed E-state index contributed by atoms with van der Waals surface area (Å²) in [5.41, 5.74) is 0.538. The molecule has 1 saturated carbocycles. The van der Waals surface area contributed by atoms with Crippen molar-refractivity contribution in [2.75, 3.05) is 11.5 Å². The van der Waals surface area contributed by atoms with Crippen LogP contribution in [-0.4, -0.2) is 36.3 Å². The van der Waals surface area contributed by atoms with Gasteiger partial charge < -0.3 is 10.1 Å². The minimum atomic E-state index is -0.664. The van der Waals surface area contributed by atoms with E-state index in [9.17, 15) is 19.2 Å². The van der Waals surface area contributed by atoms with Gasteiger partial charge in [0.25, 0.3) is 5.91 Å². The second-order valence-corrected chi connectivity index (χ2v) is 7.19. The Morgan fingerprint density at radius 3 is 2.56 bits per heavy atom. The Bertz CT molecular complexity index is 744. The van der Waals surface area contributed by atoms with E-state index in [4.69, 9.17) is 4.74 Å². The maximum absolute atomic E-state index is 12.2. The maximum atomic E-state index is 12.2. The van der Waals surface area contributed by atoms with Crippen LogP contribution in [-0.2, 0) is 19.1 Å².